The third kappa shape index (κ3) is 6.19. The third-order valence-corrected chi connectivity index (χ3v) is 11.5. The van der Waals surface area contributed by atoms with Crippen LogP contribution in [-0.2, 0) is 29.1 Å². The molecular weight excluding hydrogens is 426 g/mol. The van der Waals surface area contributed by atoms with Gasteiger partial charge in [-0.3, -0.25) is 0 Å². The van der Waals surface area contributed by atoms with Crippen molar-refractivity contribution >= 4 is 14.2 Å². The zero-order chi connectivity index (χ0) is 23.0. The molecule has 0 saturated heterocycles. The summed E-state index contributed by atoms with van der Waals surface area (Å²) in [4.78, 5) is 0. The van der Waals surface area contributed by atoms with E-state index in [9.17, 15) is 10.0 Å². The summed E-state index contributed by atoms with van der Waals surface area (Å²) in [6.45, 7) is -3.39. The van der Waals surface area contributed by atoms with Gasteiger partial charge < -0.3 is 0 Å². The molecule has 0 aliphatic rings. The average molecular weight is 456 g/mol. The zero-order valence-corrected chi connectivity index (χ0v) is 19.6. The van der Waals surface area contributed by atoms with E-state index in [-0.39, 0.29) is 0 Å². The molecular formula is C28H30BO3P. The summed E-state index contributed by atoms with van der Waals surface area (Å²) in [6, 6.07) is 41.1. The fourth-order valence-electron chi connectivity index (χ4n) is 4.93. The van der Waals surface area contributed by atoms with Gasteiger partial charge in [-0.15, -0.1) is 0 Å². The molecule has 4 aromatic carbocycles. The van der Waals surface area contributed by atoms with E-state index in [4.69, 9.17) is 4.44 Å². The summed E-state index contributed by atoms with van der Waals surface area (Å²) >= 11 is 0. The first-order chi connectivity index (χ1) is 16.0. The van der Waals surface area contributed by atoms with E-state index < -0.39 is 14.2 Å². The van der Waals surface area contributed by atoms with Crippen molar-refractivity contribution in [3.8, 4) is 0 Å². The summed E-state index contributed by atoms with van der Waals surface area (Å²) in [5.41, 5.74) is 4.55. The molecule has 3 nitrogen and oxygen atoms in total. The van der Waals surface area contributed by atoms with Crippen LogP contribution in [0.1, 0.15) is 22.3 Å². The van der Waals surface area contributed by atoms with E-state index in [1.807, 2.05) is 72.8 Å². The quantitative estimate of drug-likeness (QED) is 0.219. The second-order valence-corrected chi connectivity index (χ2v) is 14.1. The van der Waals surface area contributed by atoms with Crippen LogP contribution in [0.4, 0.5) is 0 Å². The number of benzene rings is 4. The molecule has 33 heavy (non-hydrogen) atoms. The van der Waals surface area contributed by atoms with Gasteiger partial charge in [0.05, 0.1) is 0 Å². The molecule has 0 aliphatic heterocycles. The van der Waals surface area contributed by atoms with E-state index >= 15 is 0 Å². The molecule has 0 atom stereocenters. The van der Waals surface area contributed by atoms with Crippen molar-refractivity contribution in [2.24, 2.45) is 0 Å². The topological polar surface area (TPSA) is 49.7 Å². The molecule has 0 spiro atoms. The number of hydrogen-bond acceptors (Lipinski definition) is 3. The van der Waals surface area contributed by atoms with Crippen LogP contribution in [0.15, 0.2) is 121 Å². The van der Waals surface area contributed by atoms with Gasteiger partial charge in [0, 0.05) is 0 Å². The van der Waals surface area contributed by atoms with Crippen LogP contribution in [0.2, 0.25) is 0 Å². The van der Waals surface area contributed by atoms with E-state index in [0.717, 1.165) is 22.3 Å². The first-order valence-electron chi connectivity index (χ1n) is 11.3. The van der Waals surface area contributed by atoms with Crippen molar-refractivity contribution in [3.05, 3.63) is 144 Å². The molecule has 0 saturated carbocycles. The Hall–Kier alpha value is -2.75. The predicted molar refractivity (Wildman–Crippen MR) is 139 cm³/mol. The summed E-state index contributed by atoms with van der Waals surface area (Å²) < 4.78 is 6.48. The van der Waals surface area contributed by atoms with Crippen molar-refractivity contribution in [3.63, 3.8) is 0 Å². The van der Waals surface area contributed by atoms with Gasteiger partial charge in [0.15, 0.2) is 0 Å². The molecule has 0 aromatic heterocycles. The van der Waals surface area contributed by atoms with Gasteiger partial charge in [0.1, 0.15) is 0 Å². The fourth-order valence-corrected chi connectivity index (χ4v) is 11.0. The fraction of sp³-hybridized carbons (Fsp3) is 0.143. The van der Waals surface area contributed by atoms with Crippen LogP contribution in [0.25, 0.3) is 0 Å². The van der Waals surface area contributed by atoms with Crippen LogP contribution in [-0.4, -0.2) is 17.4 Å². The molecule has 0 amide bonds. The van der Waals surface area contributed by atoms with Crippen LogP contribution in [0.5, 0.6) is 0 Å². The van der Waals surface area contributed by atoms with Gasteiger partial charge in [-0.05, 0) is 0 Å². The van der Waals surface area contributed by atoms with Gasteiger partial charge in [-0.1, -0.05) is 0 Å². The molecule has 5 heteroatoms. The molecule has 2 N–H and O–H groups in total. The molecule has 0 aliphatic carbocycles. The second kappa shape index (κ2) is 10.5. The second-order valence-electron chi connectivity index (χ2n) is 8.86. The Bertz CT molecular complexity index is 945. The zero-order valence-electron chi connectivity index (χ0n) is 18.7. The summed E-state index contributed by atoms with van der Waals surface area (Å²) in [6.07, 6.45) is 2.57. The van der Waals surface area contributed by atoms with Gasteiger partial charge in [-0.2, -0.15) is 0 Å². The van der Waals surface area contributed by atoms with Crippen LogP contribution >= 0.6 is 6.83 Å². The van der Waals surface area contributed by atoms with E-state index in [1.54, 1.807) is 0 Å². The van der Waals surface area contributed by atoms with Crippen LogP contribution in [0, 0.1) is 0 Å². The minimum atomic E-state index is -3.39. The van der Waals surface area contributed by atoms with E-state index in [1.165, 1.54) is 0 Å². The minimum absolute atomic E-state index is 0.642. The summed E-state index contributed by atoms with van der Waals surface area (Å²) in [5, 5.41) is 20.7. The Morgan fingerprint density at radius 3 is 0.909 bits per heavy atom. The summed E-state index contributed by atoms with van der Waals surface area (Å²) in [7, 11) is -1.86. The molecule has 0 fully saturated rings. The van der Waals surface area contributed by atoms with Crippen molar-refractivity contribution < 1.29 is 14.5 Å². The molecule has 4 rings (SSSR count). The van der Waals surface area contributed by atoms with Crippen molar-refractivity contribution in [1.29, 1.82) is 0 Å². The first kappa shape index (κ1) is 23.4. The molecule has 0 bridgehead atoms. The summed E-state index contributed by atoms with van der Waals surface area (Å²) in [5.74, 6) is 0. The SMILES string of the molecule is OB(O)OP(Cc1ccccc1)(Cc1ccccc1)(Cc1ccccc1)Cc1ccccc1. The maximum absolute atomic E-state index is 10.3. The Kier molecular flexibility index (Phi) is 7.42. The normalized spacial score (nSPS) is 12.6. The van der Waals surface area contributed by atoms with Gasteiger partial charge in [0.2, 0.25) is 0 Å². The Morgan fingerprint density at radius 2 is 0.697 bits per heavy atom. The van der Waals surface area contributed by atoms with Crippen LogP contribution < -0.4 is 0 Å². The third-order valence-electron chi connectivity index (χ3n) is 6.09. The Labute approximate surface area is 196 Å². The predicted octanol–water partition coefficient (Wildman–Crippen LogP) is 6.24. The van der Waals surface area contributed by atoms with Crippen molar-refractivity contribution in [2.45, 2.75) is 24.6 Å². The van der Waals surface area contributed by atoms with Gasteiger partial charge >= 0.3 is 197 Å². The van der Waals surface area contributed by atoms with Crippen molar-refractivity contribution in [1.82, 2.24) is 0 Å². The van der Waals surface area contributed by atoms with Gasteiger partial charge in [0.25, 0.3) is 0 Å². The Balaban J connectivity index is 1.94. The molecule has 0 heterocycles. The van der Waals surface area contributed by atoms with Crippen molar-refractivity contribution in [2.75, 3.05) is 0 Å². The van der Waals surface area contributed by atoms with E-state index in [0.29, 0.717) is 24.6 Å². The maximum atomic E-state index is 10.3. The molecule has 0 radical (unpaired) electrons. The molecule has 0 unspecified atom stereocenters. The number of hydrogen-bond donors (Lipinski definition) is 2. The standard InChI is InChI=1S/C28H30BO3P/c30-29(31)32-33(21-25-13-5-1-6-14-25,22-26-15-7-2-8-16-26,23-27-17-9-3-10-18-27)24-28-19-11-4-12-20-28/h1-20,30-31H,21-24H2. The monoisotopic (exact) mass is 456 g/mol. The first-order valence-corrected chi connectivity index (χ1v) is 14.2. The Morgan fingerprint density at radius 1 is 0.455 bits per heavy atom. The molecule has 4 aromatic rings. The van der Waals surface area contributed by atoms with E-state index in [2.05, 4.69) is 48.5 Å². The number of rotatable bonds is 10. The molecule has 168 valence electrons. The average Bonchev–Trinajstić information content (AvgIpc) is 2.81. The van der Waals surface area contributed by atoms with Crippen LogP contribution in [0.3, 0.4) is 0 Å². The van der Waals surface area contributed by atoms with Gasteiger partial charge in [-0.25, -0.2) is 0 Å².